The minimum Gasteiger partial charge on any atom is -0.455 e. The molecular weight excluding hydrogens is 657 g/mol. The Morgan fingerprint density at radius 2 is 0.796 bits per heavy atom. The highest BCUT2D eigenvalue weighted by molar-refractivity contribution is 6.33. The van der Waals surface area contributed by atoms with E-state index in [0.717, 1.165) is 65.8 Å². The largest absolute Gasteiger partial charge is 0.455 e. The molecule has 0 atom stereocenters. The molecule has 0 aliphatic carbocycles. The van der Waals surface area contributed by atoms with E-state index in [-0.39, 0.29) is 0 Å². The molecule has 0 amide bonds. The van der Waals surface area contributed by atoms with Crippen LogP contribution in [0.4, 0.5) is 0 Å². The molecule has 0 saturated heterocycles. The molecule has 10 aromatic carbocycles. The standard InChI is InChI=1S/C52H30O2/c1-2-14-35-32(12-1)13-11-22-36(35)48-39-17-5-3-15-37(39)47(38-16-4-6-18-40(38)48)33-26-24-31(25-27-33)34-28-29-46-44(30-34)49-41-19-7-8-20-42(41)51-50(52(49)54-46)43-21-9-10-23-45(43)53-51/h1-30H. The third-order valence-electron chi connectivity index (χ3n) is 11.4. The molecule has 0 aliphatic heterocycles. The summed E-state index contributed by atoms with van der Waals surface area (Å²) in [5, 5.41) is 14.1. The van der Waals surface area contributed by atoms with Crippen LogP contribution in [0.1, 0.15) is 0 Å². The third kappa shape index (κ3) is 4.11. The molecule has 0 bridgehead atoms. The van der Waals surface area contributed by atoms with Gasteiger partial charge in [0.15, 0.2) is 0 Å². The molecule has 2 nitrogen and oxygen atoms in total. The Kier molecular flexibility index (Phi) is 6.09. The van der Waals surface area contributed by atoms with Gasteiger partial charge in [-0.25, -0.2) is 0 Å². The van der Waals surface area contributed by atoms with Crippen LogP contribution in [0.15, 0.2) is 191 Å². The predicted octanol–water partition coefficient (Wildman–Crippen LogP) is 15.1. The van der Waals surface area contributed by atoms with Gasteiger partial charge >= 0.3 is 0 Å². The quantitative estimate of drug-likeness (QED) is 0.173. The highest BCUT2D eigenvalue weighted by atomic mass is 16.3. The molecule has 12 rings (SSSR count). The normalized spacial score (nSPS) is 12.1. The van der Waals surface area contributed by atoms with Gasteiger partial charge in [0.05, 0.1) is 5.39 Å². The molecule has 54 heavy (non-hydrogen) atoms. The maximum absolute atomic E-state index is 6.70. The second kappa shape index (κ2) is 11.2. The summed E-state index contributed by atoms with van der Waals surface area (Å²) in [6.07, 6.45) is 0. The second-order valence-electron chi connectivity index (χ2n) is 14.3. The van der Waals surface area contributed by atoms with Crippen LogP contribution < -0.4 is 0 Å². The van der Waals surface area contributed by atoms with Gasteiger partial charge in [-0.15, -0.1) is 0 Å². The number of hydrogen-bond acceptors (Lipinski definition) is 2. The zero-order valence-electron chi connectivity index (χ0n) is 29.1. The molecule has 0 radical (unpaired) electrons. The molecule has 250 valence electrons. The third-order valence-corrected chi connectivity index (χ3v) is 11.4. The average Bonchev–Trinajstić information content (AvgIpc) is 3.82. The predicted molar refractivity (Wildman–Crippen MR) is 227 cm³/mol. The van der Waals surface area contributed by atoms with Gasteiger partial charge in [0.25, 0.3) is 0 Å². The molecule has 0 saturated carbocycles. The molecule has 0 N–H and O–H groups in total. The van der Waals surface area contributed by atoms with Crippen molar-refractivity contribution < 1.29 is 8.83 Å². The second-order valence-corrected chi connectivity index (χ2v) is 14.3. The Hall–Kier alpha value is -7.16. The number of furan rings is 2. The van der Waals surface area contributed by atoms with Crippen LogP contribution >= 0.6 is 0 Å². The summed E-state index contributed by atoms with van der Waals surface area (Å²) in [6, 6.07) is 65.6. The van der Waals surface area contributed by atoms with Crippen molar-refractivity contribution in [1.82, 2.24) is 0 Å². The van der Waals surface area contributed by atoms with Crippen LogP contribution in [-0.4, -0.2) is 0 Å². The molecule has 12 aromatic rings. The number of rotatable bonds is 3. The van der Waals surface area contributed by atoms with E-state index in [9.17, 15) is 0 Å². The van der Waals surface area contributed by atoms with Gasteiger partial charge < -0.3 is 8.83 Å². The fourth-order valence-electron chi connectivity index (χ4n) is 9.08. The number of benzene rings is 10. The summed E-state index contributed by atoms with van der Waals surface area (Å²) in [5.74, 6) is 0. The van der Waals surface area contributed by atoms with Crippen molar-refractivity contribution in [3.8, 4) is 33.4 Å². The van der Waals surface area contributed by atoms with Crippen LogP contribution in [0.2, 0.25) is 0 Å². The van der Waals surface area contributed by atoms with E-state index in [1.807, 2.05) is 12.1 Å². The monoisotopic (exact) mass is 686 g/mol. The van der Waals surface area contributed by atoms with Gasteiger partial charge in [-0.05, 0) is 89.3 Å². The first kappa shape index (κ1) is 29.4. The minimum atomic E-state index is 0.871. The van der Waals surface area contributed by atoms with Crippen molar-refractivity contribution >= 4 is 87.0 Å². The van der Waals surface area contributed by atoms with Crippen LogP contribution in [-0.2, 0) is 0 Å². The molecule has 0 fully saturated rings. The van der Waals surface area contributed by atoms with E-state index in [1.54, 1.807) is 0 Å². The van der Waals surface area contributed by atoms with Gasteiger partial charge in [-0.3, -0.25) is 0 Å². The molecule has 2 aromatic heterocycles. The first-order valence-electron chi connectivity index (χ1n) is 18.5. The molecule has 2 heterocycles. The molecule has 0 aliphatic rings. The van der Waals surface area contributed by atoms with Crippen LogP contribution in [0, 0.1) is 0 Å². The summed E-state index contributed by atoms with van der Waals surface area (Å²) < 4.78 is 13.1. The SMILES string of the molecule is c1ccc2c(-c3c4ccccc4c(-c4ccc(-c5ccc6oc7c(c6c5)c5ccccc5c5oc6ccccc6c57)cc4)c4ccccc34)cccc2c1. The minimum absolute atomic E-state index is 0.871. The highest BCUT2D eigenvalue weighted by Gasteiger charge is 2.22. The van der Waals surface area contributed by atoms with Crippen molar-refractivity contribution in [3.05, 3.63) is 182 Å². The highest BCUT2D eigenvalue weighted by Crippen LogP contribution is 2.47. The van der Waals surface area contributed by atoms with Crippen LogP contribution in [0.5, 0.6) is 0 Å². The zero-order chi connectivity index (χ0) is 35.3. The van der Waals surface area contributed by atoms with E-state index in [4.69, 9.17) is 8.83 Å². The van der Waals surface area contributed by atoms with Crippen LogP contribution in [0.3, 0.4) is 0 Å². The number of hydrogen-bond donors (Lipinski definition) is 0. The first-order chi connectivity index (χ1) is 26.8. The Morgan fingerprint density at radius 3 is 1.54 bits per heavy atom. The summed E-state index contributed by atoms with van der Waals surface area (Å²) in [5.41, 5.74) is 10.8. The van der Waals surface area contributed by atoms with E-state index in [2.05, 4.69) is 170 Å². The lowest BCUT2D eigenvalue weighted by atomic mass is 9.84. The lowest BCUT2D eigenvalue weighted by molar-refractivity contribution is 0.665. The molecular formula is C52H30O2. The van der Waals surface area contributed by atoms with E-state index < -0.39 is 0 Å². The van der Waals surface area contributed by atoms with E-state index in [0.29, 0.717) is 0 Å². The smallest absolute Gasteiger partial charge is 0.147 e. The fourth-order valence-corrected chi connectivity index (χ4v) is 9.08. The number of para-hydroxylation sites is 1. The summed E-state index contributed by atoms with van der Waals surface area (Å²) in [7, 11) is 0. The Labute approximate surface area is 310 Å². The summed E-state index contributed by atoms with van der Waals surface area (Å²) >= 11 is 0. The maximum Gasteiger partial charge on any atom is 0.147 e. The van der Waals surface area contributed by atoms with Gasteiger partial charge in [-0.2, -0.15) is 0 Å². The van der Waals surface area contributed by atoms with Crippen molar-refractivity contribution in [2.24, 2.45) is 0 Å². The first-order valence-corrected chi connectivity index (χ1v) is 18.5. The average molecular weight is 687 g/mol. The molecule has 2 heteroatoms. The molecule has 0 unspecified atom stereocenters. The summed E-state index contributed by atoms with van der Waals surface area (Å²) in [4.78, 5) is 0. The lowest BCUT2D eigenvalue weighted by Gasteiger charge is -2.19. The van der Waals surface area contributed by atoms with Crippen molar-refractivity contribution in [1.29, 1.82) is 0 Å². The Bertz CT molecular complexity index is 3430. The lowest BCUT2D eigenvalue weighted by Crippen LogP contribution is -1.91. The van der Waals surface area contributed by atoms with Gasteiger partial charge in [0.1, 0.15) is 22.3 Å². The Morgan fingerprint density at radius 1 is 0.278 bits per heavy atom. The number of fused-ring (bicyclic) bond motifs is 13. The Balaban J connectivity index is 1.05. The van der Waals surface area contributed by atoms with Crippen molar-refractivity contribution in [2.75, 3.05) is 0 Å². The maximum atomic E-state index is 6.70. The molecule has 0 spiro atoms. The zero-order valence-corrected chi connectivity index (χ0v) is 29.1. The van der Waals surface area contributed by atoms with Crippen molar-refractivity contribution in [3.63, 3.8) is 0 Å². The van der Waals surface area contributed by atoms with Crippen molar-refractivity contribution in [2.45, 2.75) is 0 Å². The van der Waals surface area contributed by atoms with Crippen LogP contribution in [0.25, 0.3) is 120 Å². The summed E-state index contributed by atoms with van der Waals surface area (Å²) in [6.45, 7) is 0. The van der Waals surface area contributed by atoms with E-state index in [1.165, 1.54) is 54.6 Å². The van der Waals surface area contributed by atoms with E-state index >= 15 is 0 Å². The fraction of sp³-hybridized carbons (Fsp3) is 0. The van der Waals surface area contributed by atoms with Gasteiger partial charge in [-0.1, -0.05) is 164 Å². The van der Waals surface area contributed by atoms with Gasteiger partial charge in [0, 0.05) is 21.5 Å². The topological polar surface area (TPSA) is 26.3 Å². The van der Waals surface area contributed by atoms with Gasteiger partial charge in [0.2, 0.25) is 0 Å².